The van der Waals surface area contributed by atoms with Crippen molar-refractivity contribution < 1.29 is 8.83 Å². The van der Waals surface area contributed by atoms with Crippen LogP contribution in [0.25, 0.3) is 85.9 Å². The Morgan fingerprint density at radius 2 is 1.28 bits per heavy atom. The first-order valence-corrected chi connectivity index (χ1v) is 19.7. The van der Waals surface area contributed by atoms with Crippen molar-refractivity contribution in [2.45, 2.75) is 6.17 Å². The van der Waals surface area contributed by atoms with Gasteiger partial charge >= 0.3 is 0 Å². The average Bonchev–Trinajstić information content (AvgIpc) is 3.85. The summed E-state index contributed by atoms with van der Waals surface area (Å²) >= 11 is 1.73. The number of fused-ring (bicyclic) bond motifs is 10. The summed E-state index contributed by atoms with van der Waals surface area (Å²) in [6.45, 7) is 0. The molecule has 268 valence electrons. The smallest absolute Gasteiger partial charge is 0.200 e. The molecule has 0 saturated carbocycles. The van der Waals surface area contributed by atoms with E-state index in [1.807, 2.05) is 84.9 Å². The zero-order chi connectivity index (χ0) is 37.6. The minimum Gasteiger partial charge on any atom is -0.456 e. The molecule has 57 heavy (non-hydrogen) atoms. The fourth-order valence-electron chi connectivity index (χ4n) is 8.30. The lowest BCUT2D eigenvalue weighted by atomic mass is 9.99. The molecule has 1 N–H and O–H groups in total. The lowest BCUT2D eigenvalue weighted by Gasteiger charge is -2.24. The van der Waals surface area contributed by atoms with E-state index in [-0.39, 0.29) is 5.43 Å². The Morgan fingerprint density at radius 1 is 0.544 bits per heavy atom. The van der Waals surface area contributed by atoms with E-state index in [1.165, 1.54) is 10.1 Å². The molecule has 0 radical (unpaired) electrons. The van der Waals surface area contributed by atoms with E-state index in [4.69, 9.17) is 18.8 Å². The maximum absolute atomic E-state index is 14.1. The van der Waals surface area contributed by atoms with Gasteiger partial charge in [-0.25, -0.2) is 9.98 Å². The molecule has 8 aromatic carbocycles. The molecule has 1 aliphatic rings. The first-order chi connectivity index (χ1) is 28.1. The second-order valence-electron chi connectivity index (χ2n) is 14.5. The summed E-state index contributed by atoms with van der Waals surface area (Å²) in [4.78, 5) is 24.5. The number of hydrogen-bond acceptors (Lipinski definition) is 7. The van der Waals surface area contributed by atoms with Gasteiger partial charge < -0.3 is 14.2 Å². The highest BCUT2D eigenvalue weighted by Crippen LogP contribution is 2.44. The molecule has 0 amide bonds. The predicted octanol–water partition coefficient (Wildman–Crippen LogP) is 12.5. The Bertz CT molecular complexity index is 3600. The summed E-state index contributed by atoms with van der Waals surface area (Å²) in [5.41, 5.74) is 7.39. The Balaban J connectivity index is 1.03. The van der Waals surface area contributed by atoms with E-state index in [0.29, 0.717) is 33.6 Å². The van der Waals surface area contributed by atoms with Gasteiger partial charge in [0.05, 0.1) is 15.5 Å². The number of hydrogen-bond donors (Lipinski definition) is 1. The number of aliphatic imine (C=N–C) groups is 2. The molecule has 0 saturated heterocycles. The Hall–Kier alpha value is -7.35. The quantitative estimate of drug-likeness (QED) is 0.182. The van der Waals surface area contributed by atoms with Crippen LogP contribution in [0.3, 0.4) is 0 Å². The van der Waals surface area contributed by atoms with Gasteiger partial charge in [0.2, 0.25) is 5.43 Å². The second kappa shape index (κ2) is 12.3. The molecule has 1 unspecified atom stereocenters. The van der Waals surface area contributed by atoms with Gasteiger partial charge in [-0.1, -0.05) is 115 Å². The topological polar surface area (TPSA) is 80.1 Å². The Kier molecular flexibility index (Phi) is 6.91. The lowest BCUT2D eigenvalue weighted by molar-refractivity contribution is 0.659. The molecule has 11 aromatic rings. The van der Waals surface area contributed by atoms with Crippen LogP contribution in [0.2, 0.25) is 0 Å². The molecular weight excluding hydrogens is 723 g/mol. The van der Waals surface area contributed by atoms with E-state index >= 15 is 0 Å². The first kappa shape index (κ1) is 31.9. The fraction of sp³-hybridized carbons (Fsp3) is 0.0200. The number of amidine groups is 2. The van der Waals surface area contributed by atoms with Gasteiger partial charge in [-0.2, -0.15) is 0 Å². The van der Waals surface area contributed by atoms with Crippen LogP contribution in [0, 0.1) is 0 Å². The van der Waals surface area contributed by atoms with Gasteiger partial charge in [-0.05, 0) is 76.0 Å². The first-order valence-electron chi connectivity index (χ1n) is 18.9. The Morgan fingerprint density at radius 3 is 2.19 bits per heavy atom. The van der Waals surface area contributed by atoms with Crippen molar-refractivity contribution in [2.24, 2.45) is 9.98 Å². The zero-order valence-corrected chi connectivity index (χ0v) is 31.0. The third kappa shape index (κ3) is 5.06. The number of thiophene rings is 1. The van der Waals surface area contributed by atoms with Crippen LogP contribution in [-0.4, -0.2) is 11.7 Å². The van der Waals surface area contributed by atoms with Crippen molar-refractivity contribution in [1.82, 2.24) is 5.32 Å². The van der Waals surface area contributed by atoms with Crippen LogP contribution >= 0.6 is 11.3 Å². The van der Waals surface area contributed by atoms with E-state index in [9.17, 15) is 4.79 Å². The normalized spacial score (nSPS) is 14.6. The number of para-hydroxylation sites is 1. The van der Waals surface area contributed by atoms with Crippen molar-refractivity contribution in [3.05, 3.63) is 191 Å². The summed E-state index contributed by atoms with van der Waals surface area (Å²) in [6, 6.07) is 55.2. The number of rotatable bonds is 4. The lowest BCUT2D eigenvalue weighted by Crippen LogP contribution is -2.33. The molecule has 1 aliphatic heterocycles. The van der Waals surface area contributed by atoms with Crippen molar-refractivity contribution in [3.8, 4) is 11.1 Å². The van der Waals surface area contributed by atoms with Gasteiger partial charge in [-0.3, -0.25) is 4.79 Å². The van der Waals surface area contributed by atoms with Crippen LogP contribution in [0.4, 0.5) is 0 Å². The maximum atomic E-state index is 14.1. The molecule has 4 heterocycles. The molecule has 6 nitrogen and oxygen atoms in total. The molecule has 7 heteroatoms. The number of nitrogens with zero attached hydrogens (tertiary/aromatic N) is 2. The summed E-state index contributed by atoms with van der Waals surface area (Å²) in [5.74, 6) is 1.25. The van der Waals surface area contributed by atoms with Crippen LogP contribution in [0.5, 0.6) is 0 Å². The van der Waals surface area contributed by atoms with Gasteiger partial charge in [0.1, 0.15) is 34.3 Å². The minimum absolute atomic E-state index is 0.0770. The van der Waals surface area contributed by atoms with Crippen molar-refractivity contribution in [3.63, 3.8) is 0 Å². The molecular formula is C50H29N3O3S. The zero-order valence-electron chi connectivity index (χ0n) is 30.2. The third-order valence-corrected chi connectivity index (χ3v) is 12.3. The van der Waals surface area contributed by atoms with Crippen molar-refractivity contribution >= 4 is 97.8 Å². The van der Waals surface area contributed by atoms with Crippen LogP contribution < -0.4 is 10.7 Å². The Labute approximate surface area is 328 Å². The SMILES string of the molecule is O=c1c2ccc(C3=NC(c4ccccc4)NC(c4cc5c6ccccc6oc5c5c4sc4ccccc45)=N3)cc2oc2ccc(-c3ccc4ccccc4c3)cc12. The van der Waals surface area contributed by atoms with Crippen LogP contribution in [0.15, 0.2) is 187 Å². The van der Waals surface area contributed by atoms with E-state index < -0.39 is 6.17 Å². The number of benzene rings is 8. The summed E-state index contributed by atoms with van der Waals surface area (Å²) in [7, 11) is 0. The minimum atomic E-state index is -0.414. The van der Waals surface area contributed by atoms with Gasteiger partial charge in [0, 0.05) is 37.4 Å². The van der Waals surface area contributed by atoms with Crippen molar-refractivity contribution in [1.29, 1.82) is 0 Å². The van der Waals surface area contributed by atoms with Gasteiger partial charge in [0.15, 0.2) is 5.84 Å². The molecule has 0 bridgehead atoms. The third-order valence-electron chi connectivity index (χ3n) is 11.1. The van der Waals surface area contributed by atoms with Gasteiger partial charge in [0.25, 0.3) is 0 Å². The fourth-order valence-corrected chi connectivity index (χ4v) is 9.52. The summed E-state index contributed by atoms with van der Waals surface area (Å²) in [6.07, 6.45) is -0.414. The molecule has 0 fully saturated rings. The van der Waals surface area contributed by atoms with Gasteiger partial charge in [-0.15, -0.1) is 11.3 Å². The van der Waals surface area contributed by atoms with Crippen LogP contribution in [0.1, 0.15) is 22.9 Å². The summed E-state index contributed by atoms with van der Waals surface area (Å²) < 4.78 is 15.3. The molecule has 12 rings (SSSR count). The maximum Gasteiger partial charge on any atom is 0.200 e. The molecule has 3 aromatic heterocycles. The second-order valence-corrected chi connectivity index (χ2v) is 15.5. The summed E-state index contributed by atoms with van der Waals surface area (Å²) in [5, 5.41) is 11.4. The number of nitrogens with one attached hydrogen (secondary N) is 1. The number of furan rings is 1. The molecule has 0 aliphatic carbocycles. The average molecular weight is 752 g/mol. The molecule has 0 spiro atoms. The monoisotopic (exact) mass is 751 g/mol. The highest BCUT2D eigenvalue weighted by molar-refractivity contribution is 7.26. The predicted molar refractivity (Wildman–Crippen MR) is 235 cm³/mol. The van der Waals surface area contributed by atoms with Crippen LogP contribution in [-0.2, 0) is 0 Å². The molecule has 1 atom stereocenters. The van der Waals surface area contributed by atoms with E-state index in [0.717, 1.165) is 70.6 Å². The van der Waals surface area contributed by atoms with Crippen molar-refractivity contribution in [2.75, 3.05) is 0 Å². The largest absolute Gasteiger partial charge is 0.456 e. The van der Waals surface area contributed by atoms with E-state index in [1.54, 1.807) is 11.3 Å². The highest BCUT2D eigenvalue weighted by atomic mass is 32.1. The highest BCUT2D eigenvalue weighted by Gasteiger charge is 2.26. The standard InChI is InChI=1S/C50H29N3O3S/c54-45-35-22-20-33(26-42(35)55-41-23-21-32(25-38(41)45)31-19-18-28-10-4-5-13-30(28)24-31)49-51-48(29-11-2-1-3-12-29)52-50(53-49)39-27-37-34-14-6-8-16-40(34)56-46(37)44-36-15-7-9-17-43(36)57-47(39)44/h1-27,48H,(H,51,52,53). The van der Waals surface area contributed by atoms with E-state index in [2.05, 4.69) is 84.2 Å².